The Kier molecular flexibility index (Phi) is 5.67. The molecule has 1 fully saturated rings. The summed E-state index contributed by atoms with van der Waals surface area (Å²) in [7, 11) is 0. The van der Waals surface area contributed by atoms with Crippen molar-refractivity contribution >= 4 is 23.6 Å². The van der Waals surface area contributed by atoms with Gasteiger partial charge in [0.1, 0.15) is 5.60 Å². The first kappa shape index (κ1) is 19.6. The average molecular weight is 367 g/mol. The van der Waals surface area contributed by atoms with Gasteiger partial charge in [-0.25, -0.2) is 4.79 Å². The Morgan fingerprint density at radius 3 is 2.36 bits per heavy atom. The molecule has 0 bridgehead atoms. The minimum atomic E-state index is -0.528. The quantitative estimate of drug-likeness (QED) is 0.854. The summed E-state index contributed by atoms with van der Waals surface area (Å²) < 4.78 is 5.33. The second kappa shape index (κ2) is 7.24. The summed E-state index contributed by atoms with van der Waals surface area (Å²) in [5, 5.41) is 3.42. The molecule has 1 aromatic rings. The third-order valence-electron chi connectivity index (χ3n) is 4.31. The Hall–Kier alpha value is -1.75. The topological polar surface area (TPSA) is 58.6 Å². The minimum Gasteiger partial charge on any atom is -0.444 e. The Morgan fingerprint density at radius 2 is 1.84 bits per heavy atom. The van der Waals surface area contributed by atoms with Crippen LogP contribution in [0.3, 0.4) is 0 Å². The number of piperidine rings is 1. The Bertz CT molecular complexity index is 659. The molecule has 138 valence electrons. The zero-order valence-electron chi connectivity index (χ0n) is 15.6. The molecule has 1 heterocycles. The molecule has 1 aromatic carbocycles. The van der Waals surface area contributed by atoms with E-state index in [2.05, 4.69) is 5.32 Å². The van der Waals surface area contributed by atoms with Gasteiger partial charge in [0.05, 0.1) is 10.6 Å². The van der Waals surface area contributed by atoms with E-state index in [9.17, 15) is 9.59 Å². The van der Waals surface area contributed by atoms with Gasteiger partial charge in [0.15, 0.2) is 0 Å². The van der Waals surface area contributed by atoms with Crippen LogP contribution in [0.1, 0.15) is 56.5 Å². The van der Waals surface area contributed by atoms with Crippen molar-refractivity contribution < 1.29 is 14.3 Å². The van der Waals surface area contributed by atoms with Crippen LogP contribution in [0.2, 0.25) is 5.02 Å². The van der Waals surface area contributed by atoms with Gasteiger partial charge in [-0.1, -0.05) is 17.7 Å². The summed E-state index contributed by atoms with van der Waals surface area (Å²) in [6, 6.07) is 5.46. The summed E-state index contributed by atoms with van der Waals surface area (Å²) in [6.45, 7) is 10.6. The van der Waals surface area contributed by atoms with E-state index in [4.69, 9.17) is 16.3 Å². The molecule has 0 aliphatic carbocycles. The summed E-state index contributed by atoms with van der Waals surface area (Å²) in [5.74, 6) is -0.0654. The molecule has 25 heavy (non-hydrogen) atoms. The lowest BCUT2D eigenvalue weighted by Gasteiger charge is -2.40. The SMILES string of the molecule is Cc1ccc(C(=O)N2CCC(C)(NC(=O)OC(C)(C)C)CC2)c(Cl)c1. The summed E-state index contributed by atoms with van der Waals surface area (Å²) in [4.78, 5) is 26.5. The number of carbonyl (C=O) groups excluding carboxylic acids is 2. The number of aryl methyl sites for hydroxylation is 1. The summed E-state index contributed by atoms with van der Waals surface area (Å²) in [6.07, 6.45) is 0.916. The molecular formula is C19H27ClN2O3. The number of hydrogen-bond donors (Lipinski definition) is 1. The molecule has 1 aliphatic rings. The Morgan fingerprint density at radius 1 is 1.24 bits per heavy atom. The number of rotatable bonds is 2. The van der Waals surface area contributed by atoms with Gasteiger partial charge < -0.3 is 15.0 Å². The predicted octanol–water partition coefficient (Wildman–Crippen LogP) is 4.17. The van der Waals surface area contributed by atoms with Gasteiger partial charge in [0, 0.05) is 18.6 Å². The highest BCUT2D eigenvalue weighted by molar-refractivity contribution is 6.33. The maximum absolute atomic E-state index is 12.7. The molecule has 2 rings (SSSR count). The van der Waals surface area contributed by atoms with Gasteiger partial charge in [-0.05, 0) is 65.2 Å². The number of halogens is 1. The van der Waals surface area contributed by atoms with E-state index in [1.54, 1.807) is 17.0 Å². The van der Waals surface area contributed by atoms with Crippen molar-refractivity contribution in [1.29, 1.82) is 0 Å². The average Bonchev–Trinajstić information content (AvgIpc) is 2.44. The largest absolute Gasteiger partial charge is 0.444 e. The summed E-state index contributed by atoms with van der Waals surface area (Å²) in [5.41, 5.74) is 0.639. The van der Waals surface area contributed by atoms with Crippen molar-refractivity contribution in [1.82, 2.24) is 10.2 Å². The highest BCUT2D eigenvalue weighted by atomic mass is 35.5. The monoisotopic (exact) mass is 366 g/mol. The maximum atomic E-state index is 12.7. The van der Waals surface area contributed by atoms with Gasteiger partial charge in [0.25, 0.3) is 5.91 Å². The third kappa shape index (κ3) is 5.36. The molecule has 0 radical (unpaired) electrons. The number of nitrogens with one attached hydrogen (secondary N) is 1. The molecular weight excluding hydrogens is 340 g/mol. The lowest BCUT2D eigenvalue weighted by Crippen LogP contribution is -2.55. The molecule has 5 nitrogen and oxygen atoms in total. The first-order valence-electron chi connectivity index (χ1n) is 8.56. The number of hydrogen-bond acceptors (Lipinski definition) is 3. The van der Waals surface area contributed by atoms with E-state index in [0.29, 0.717) is 36.5 Å². The van der Waals surface area contributed by atoms with Crippen molar-refractivity contribution in [3.05, 3.63) is 34.3 Å². The molecule has 6 heteroatoms. The molecule has 0 saturated carbocycles. The van der Waals surface area contributed by atoms with Crippen LogP contribution in [-0.2, 0) is 4.74 Å². The minimum absolute atomic E-state index is 0.0654. The van der Waals surface area contributed by atoms with E-state index in [1.807, 2.05) is 40.7 Å². The molecule has 1 aliphatic heterocycles. The second-order valence-electron chi connectivity index (χ2n) is 7.96. The van der Waals surface area contributed by atoms with Gasteiger partial charge >= 0.3 is 6.09 Å². The zero-order chi connectivity index (χ0) is 18.8. The van der Waals surface area contributed by atoms with E-state index < -0.39 is 11.7 Å². The number of nitrogens with zero attached hydrogens (tertiary/aromatic N) is 1. The van der Waals surface area contributed by atoms with Crippen LogP contribution < -0.4 is 5.32 Å². The molecule has 0 spiro atoms. The van der Waals surface area contributed by atoms with Crippen molar-refractivity contribution in [2.45, 2.75) is 58.6 Å². The fourth-order valence-corrected chi connectivity index (χ4v) is 3.16. The Labute approximate surface area is 154 Å². The van der Waals surface area contributed by atoms with E-state index in [1.165, 1.54) is 0 Å². The predicted molar refractivity (Wildman–Crippen MR) is 99.1 cm³/mol. The number of benzene rings is 1. The van der Waals surface area contributed by atoms with Crippen LogP contribution in [-0.4, -0.2) is 41.1 Å². The maximum Gasteiger partial charge on any atom is 0.408 e. The number of amides is 2. The normalized spacial score (nSPS) is 17.1. The molecule has 0 aromatic heterocycles. The second-order valence-corrected chi connectivity index (χ2v) is 8.37. The Balaban J connectivity index is 1.96. The van der Waals surface area contributed by atoms with E-state index in [0.717, 1.165) is 5.56 Å². The van der Waals surface area contributed by atoms with E-state index >= 15 is 0 Å². The highest BCUT2D eigenvalue weighted by Crippen LogP contribution is 2.26. The van der Waals surface area contributed by atoms with Crippen LogP contribution in [0, 0.1) is 6.92 Å². The number of ether oxygens (including phenoxy) is 1. The standard InChI is InChI=1S/C19H27ClN2O3/c1-13-6-7-14(15(20)12-13)16(23)22-10-8-19(5,9-11-22)21-17(24)25-18(2,3)4/h6-7,12H,8-11H2,1-5H3,(H,21,24). The van der Waals surface area contributed by atoms with Crippen molar-refractivity contribution in [3.8, 4) is 0 Å². The molecule has 0 unspecified atom stereocenters. The first-order chi connectivity index (χ1) is 11.5. The van der Waals surface area contributed by atoms with Crippen molar-refractivity contribution in [2.24, 2.45) is 0 Å². The lowest BCUT2D eigenvalue weighted by molar-refractivity contribution is 0.0397. The van der Waals surface area contributed by atoms with Gasteiger partial charge in [-0.15, -0.1) is 0 Å². The van der Waals surface area contributed by atoms with Crippen LogP contribution in [0.4, 0.5) is 4.79 Å². The fraction of sp³-hybridized carbons (Fsp3) is 0.579. The van der Waals surface area contributed by atoms with Gasteiger partial charge in [-0.2, -0.15) is 0 Å². The van der Waals surface area contributed by atoms with Crippen LogP contribution in [0.5, 0.6) is 0 Å². The van der Waals surface area contributed by atoms with E-state index in [-0.39, 0.29) is 11.4 Å². The molecule has 0 atom stereocenters. The van der Waals surface area contributed by atoms with Gasteiger partial charge in [0.2, 0.25) is 0 Å². The number of carbonyl (C=O) groups is 2. The molecule has 2 amide bonds. The van der Waals surface area contributed by atoms with Crippen molar-refractivity contribution in [2.75, 3.05) is 13.1 Å². The first-order valence-corrected chi connectivity index (χ1v) is 8.93. The zero-order valence-corrected chi connectivity index (χ0v) is 16.4. The molecule has 1 N–H and O–H groups in total. The van der Waals surface area contributed by atoms with Crippen LogP contribution in [0.15, 0.2) is 18.2 Å². The molecule has 1 saturated heterocycles. The number of alkyl carbamates (subject to hydrolysis) is 1. The number of likely N-dealkylation sites (tertiary alicyclic amines) is 1. The van der Waals surface area contributed by atoms with Gasteiger partial charge in [-0.3, -0.25) is 4.79 Å². The fourth-order valence-electron chi connectivity index (χ4n) is 2.84. The van der Waals surface area contributed by atoms with Crippen LogP contribution in [0.25, 0.3) is 0 Å². The van der Waals surface area contributed by atoms with Crippen molar-refractivity contribution in [3.63, 3.8) is 0 Å². The van der Waals surface area contributed by atoms with Crippen LogP contribution >= 0.6 is 11.6 Å². The summed E-state index contributed by atoms with van der Waals surface area (Å²) >= 11 is 6.21. The third-order valence-corrected chi connectivity index (χ3v) is 4.62. The lowest BCUT2D eigenvalue weighted by atomic mass is 9.89. The smallest absolute Gasteiger partial charge is 0.408 e. The highest BCUT2D eigenvalue weighted by Gasteiger charge is 2.35.